The van der Waals surface area contributed by atoms with E-state index in [9.17, 15) is 27.9 Å². The normalized spacial score (nSPS) is 19.1. The molecule has 2 heterocycles. The van der Waals surface area contributed by atoms with Crippen molar-refractivity contribution in [3.8, 4) is 17.1 Å². The fourth-order valence-corrected chi connectivity index (χ4v) is 4.45. The van der Waals surface area contributed by atoms with Crippen molar-refractivity contribution in [3.63, 3.8) is 0 Å². The number of ether oxygens (including phenoxy) is 1. The summed E-state index contributed by atoms with van der Waals surface area (Å²) in [7, 11) is 2.66. The Morgan fingerprint density at radius 2 is 1.91 bits per heavy atom. The first-order valence-corrected chi connectivity index (χ1v) is 10.7. The maximum atomic E-state index is 13.1. The fraction of sp³-hybridized carbons (Fsp3) is 0.545. The molecular formula is C22H28F3N5O4. The van der Waals surface area contributed by atoms with Gasteiger partial charge >= 0.3 is 12.3 Å². The lowest BCUT2D eigenvalue weighted by molar-refractivity contribution is -0.137. The molecule has 1 amide bonds. The molecule has 1 aromatic heterocycles. The highest BCUT2D eigenvalue weighted by molar-refractivity contribution is 5.67. The van der Waals surface area contributed by atoms with E-state index in [1.165, 1.54) is 29.7 Å². The van der Waals surface area contributed by atoms with Crippen molar-refractivity contribution in [3.05, 3.63) is 34.1 Å². The van der Waals surface area contributed by atoms with E-state index < -0.39 is 34.8 Å². The van der Waals surface area contributed by atoms with Crippen LogP contribution in [-0.2, 0) is 13.2 Å². The van der Waals surface area contributed by atoms with E-state index in [1.54, 1.807) is 0 Å². The van der Waals surface area contributed by atoms with Crippen LogP contribution in [0.2, 0.25) is 0 Å². The predicted molar refractivity (Wildman–Crippen MR) is 119 cm³/mol. The Hall–Kier alpha value is -3.31. The molecule has 0 aliphatic carbocycles. The molecule has 186 valence electrons. The van der Waals surface area contributed by atoms with E-state index in [4.69, 9.17) is 4.74 Å². The summed E-state index contributed by atoms with van der Waals surface area (Å²) in [5.74, 6) is -0.134. The van der Waals surface area contributed by atoms with Gasteiger partial charge < -0.3 is 20.1 Å². The number of methoxy groups -OCH3 is 1. The molecule has 2 atom stereocenters. The quantitative estimate of drug-likeness (QED) is 0.680. The number of halogens is 3. The van der Waals surface area contributed by atoms with Gasteiger partial charge in [0.1, 0.15) is 5.75 Å². The summed E-state index contributed by atoms with van der Waals surface area (Å²) >= 11 is 0. The first-order valence-electron chi connectivity index (χ1n) is 10.7. The third kappa shape index (κ3) is 4.95. The zero-order valence-corrected chi connectivity index (χ0v) is 19.6. The standard InChI is InChI=1S/C22H28F3N5O4/c1-21(2,3)16-14(7-6-10-30(16)20(32)33)26-17-19(31)29(4)18(28-27-17)13-9-8-12(22(23,24)25)11-15(13)34-5/h8-9,11,14,16H,6-7,10H2,1-5H3,(H,26,27)(H,32,33). The number of carboxylic acid groups (broad SMARTS) is 1. The summed E-state index contributed by atoms with van der Waals surface area (Å²) in [5.41, 5.74) is -1.68. The van der Waals surface area contributed by atoms with Crippen LogP contribution >= 0.6 is 0 Å². The SMILES string of the molecule is COc1cc(C(F)(F)F)ccc1-c1nnc(NC2CCCN(C(=O)O)C2C(C)(C)C)c(=O)n1C. The molecule has 2 N–H and O–H groups in total. The second kappa shape index (κ2) is 9.15. The van der Waals surface area contributed by atoms with Gasteiger partial charge in [-0.15, -0.1) is 10.2 Å². The molecule has 0 saturated carbocycles. The van der Waals surface area contributed by atoms with Crippen molar-refractivity contribution < 1.29 is 27.8 Å². The molecule has 0 bridgehead atoms. The predicted octanol–water partition coefficient (Wildman–Crippen LogP) is 3.84. The highest BCUT2D eigenvalue weighted by atomic mass is 19.4. The van der Waals surface area contributed by atoms with E-state index in [2.05, 4.69) is 15.5 Å². The Morgan fingerprint density at radius 1 is 1.24 bits per heavy atom. The lowest BCUT2D eigenvalue weighted by atomic mass is 9.77. The summed E-state index contributed by atoms with van der Waals surface area (Å²) in [6.45, 7) is 6.18. The maximum absolute atomic E-state index is 13.1. The number of alkyl halides is 3. The maximum Gasteiger partial charge on any atom is 0.416 e. The second-order valence-corrected chi connectivity index (χ2v) is 9.33. The molecule has 0 radical (unpaired) electrons. The van der Waals surface area contributed by atoms with Gasteiger partial charge in [0.2, 0.25) is 5.82 Å². The van der Waals surface area contributed by atoms with Gasteiger partial charge in [0.25, 0.3) is 5.56 Å². The molecule has 2 unspecified atom stereocenters. The number of benzene rings is 1. The lowest BCUT2D eigenvalue weighted by Crippen LogP contribution is -2.59. The average Bonchev–Trinajstić information content (AvgIpc) is 2.75. The minimum atomic E-state index is -4.55. The van der Waals surface area contributed by atoms with Gasteiger partial charge in [0, 0.05) is 19.6 Å². The summed E-state index contributed by atoms with van der Waals surface area (Å²) in [6, 6.07) is 2.11. The minimum absolute atomic E-state index is 0.0318. The third-order valence-electron chi connectivity index (χ3n) is 5.93. The Morgan fingerprint density at radius 3 is 2.47 bits per heavy atom. The molecule has 12 heteroatoms. The minimum Gasteiger partial charge on any atom is -0.496 e. The highest BCUT2D eigenvalue weighted by Crippen LogP contribution is 2.36. The van der Waals surface area contributed by atoms with Crippen LogP contribution in [0.15, 0.2) is 23.0 Å². The van der Waals surface area contributed by atoms with Gasteiger partial charge in [0.15, 0.2) is 5.82 Å². The van der Waals surface area contributed by atoms with Crippen LogP contribution in [0.3, 0.4) is 0 Å². The van der Waals surface area contributed by atoms with E-state index in [-0.39, 0.29) is 29.0 Å². The van der Waals surface area contributed by atoms with Gasteiger partial charge in [-0.2, -0.15) is 13.2 Å². The molecule has 1 aliphatic rings. The fourth-order valence-electron chi connectivity index (χ4n) is 4.45. The zero-order chi connectivity index (χ0) is 25.4. The van der Waals surface area contributed by atoms with Crippen LogP contribution in [0.5, 0.6) is 5.75 Å². The van der Waals surface area contributed by atoms with Crippen molar-refractivity contribution in [1.29, 1.82) is 0 Å². The summed E-state index contributed by atoms with van der Waals surface area (Å²) in [6.07, 6.45) is -4.34. The van der Waals surface area contributed by atoms with E-state index >= 15 is 0 Å². The van der Waals surface area contributed by atoms with E-state index in [1.807, 2.05) is 20.8 Å². The number of amides is 1. The number of hydrogen-bond donors (Lipinski definition) is 2. The first kappa shape index (κ1) is 25.3. The van der Waals surface area contributed by atoms with Crippen molar-refractivity contribution in [1.82, 2.24) is 19.7 Å². The molecular weight excluding hydrogens is 455 g/mol. The summed E-state index contributed by atoms with van der Waals surface area (Å²) < 4.78 is 45.5. The number of aromatic nitrogens is 3. The molecule has 1 aliphatic heterocycles. The van der Waals surface area contributed by atoms with Gasteiger partial charge in [-0.25, -0.2) is 4.79 Å². The number of nitrogens with zero attached hydrogens (tertiary/aromatic N) is 4. The molecule has 0 spiro atoms. The van der Waals surface area contributed by atoms with Crippen molar-refractivity contribution in [2.24, 2.45) is 12.5 Å². The monoisotopic (exact) mass is 483 g/mol. The van der Waals surface area contributed by atoms with Gasteiger partial charge in [-0.1, -0.05) is 20.8 Å². The van der Waals surface area contributed by atoms with Gasteiger partial charge in [-0.05, 0) is 36.5 Å². The van der Waals surface area contributed by atoms with E-state index in [0.717, 1.165) is 12.1 Å². The number of nitrogens with one attached hydrogen (secondary N) is 1. The summed E-state index contributed by atoms with van der Waals surface area (Å²) in [4.78, 5) is 26.3. The number of anilines is 1. The van der Waals surface area contributed by atoms with Crippen molar-refractivity contribution >= 4 is 11.9 Å². The molecule has 34 heavy (non-hydrogen) atoms. The highest BCUT2D eigenvalue weighted by Gasteiger charge is 2.42. The number of likely N-dealkylation sites (tertiary alicyclic amines) is 1. The molecule has 9 nitrogen and oxygen atoms in total. The Balaban J connectivity index is 1.98. The van der Waals surface area contributed by atoms with Crippen LogP contribution in [0.1, 0.15) is 39.2 Å². The first-order chi connectivity index (χ1) is 15.8. The largest absolute Gasteiger partial charge is 0.496 e. The summed E-state index contributed by atoms with van der Waals surface area (Å²) in [5, 5.41) is 20.8. The van der Waals surface area contributed by atoms with Crippen LogP contribution in [-0.4, -0.2) is 56.6 Å². The number of hydrogen-bond acceptors (Lipinski definition) is 6. The van der Waals surface area contributed by atoms with Crippen LogP contribution in [0, 0.1) is 5.41 Å². The number of rotatable bonds is 4. The van der Waals surface area contributed by atoms with Crippen molar-refractivity contribution in [2.45, 2.75) is 51.9 Å². The molecule has 1 saturated heterocycles. The van der Waals surface area contributed by atoms with E-state index in [0.29, 0.717) is 19.4 Å². The second-order valence-electron chi connectivity index (χ2n) is 9.33. The number of carbonyl (C=O) groups is 1. The van der Waals surface area contributed by atoms with Crippen LogP contribution in [0.25, 0.3) is 11.4 Å². The van der Waals surface area contributed by atoms with Gasteiger partial charge in [-0.3, -0.25) is 9.36 Å². The van der Waals surface area contributed by atoms with Gasteiger partial charge in [0.05, 0.1) is 24.3 Å². The molecule has 3 rings (SSSR count). The Bertz CT molecular complexity index is 1130. The van der Waals surface area contributed by atoms with Crippen molar-refractivity contribution in [2.75, 3.05) is 19.0 Å². The zero-order valence-electron chi connectivity index (χ0n) is 19.6. The van der Waals surface area contributed by atoms with Crippen LogP contribution in [0.4, 0.5) is 23.8 Å². The third-order valence-corrected chi connectivity index (χ3v) is 5.93. The topological polar surface area (TPSA) is 110 Å². The smallest absolute Gasteiger partial charge is 0.416 e. The molecule has 1 aromatic carbocycles. The average molecular weight is 483 g/mol. The Labute approximate surface area is 194 Å². The molecule has 2 aromatic rings. The Kier molecular flexibility index (Phi) is 6.81. The number of piperidine rings is 1. The molecule has 1 fully saturated rings. The van der Waals surface area contributed by atoms with Crippen LogP contribution < -0.4 is 15.6 Å². The lowest BCUT2D eigenvalue weighted by Gasteiger charge is -2.46.